The molecule has 1 saturated heterocycles. The molecule has 180 valence electrons. The number of carbonyl (C=O) groups excluding carboxylic acids is 2. The van der Waals surface area contributed by atoms with Crippen LogP contribution in [0.25, 0.3) is 0 Å². The van der Waals surface area contributed by atoms with Crippen molar-refractivity contribution in [3.63, 3.8) is 0 Å². The van der Waals surface area contributed by atoms with E-state index in [1.807, 2.05) is 6.92 Å². The van der Waals surface area contributed by atoms with Crippen molar-refractivity contribution >= 4 is 41.9 Å². The molecule has 0 radical (unpaired) electrons. The van der Waals surface area contributed by atoms with Gasteiger partial charge in [0.1, 0.15) is 6.54 Å². The Hall–Kier alpha value is -2.04. The number of nitrogens with zero attached hydrogens (tertiary/aromatic N) is 3. The summed E-state index contributed by atoms with van der Waals surface area (Å²) in [4.78, 5) is 31.7. The predicted molar refractivity (Wildman–Crippen MR) is 139 cm³/mol. The first kappa shape index (κ1) is 28.0. The third-order valence-corrected chi connectivity index (χ3v) is 5.46. The van der Waals surface area contributed by atoms with Crippen LogP contribution in [0.15, 0.2) is 29.3 Å². The van der Waals surface area contributed by atoms with Gasteiger partial charge in [0, 0.05) is 39.8 Å². The second kappa shape index (κ2) is 14.2. The van der Waals surface area contributed by atoms with Gasteiger partial charge in [-0.25, -0.2) is 9.79 Å². The zero-order valence-corrected chi connectivity index (χ0v) is 22.2. The lowest BCUT2D eigenvalue weighted by atomic mass is 10.00. The monoisotopic (exact) mass is 559 g/mol. The van der Waals surface area contributed by atoms with E-state index in [1.165, 1.54) is 16.0 Å². The number of aliphatic imine (C=N–C) groups is 1. The summed E-state index contributed by atoms with van der Waals surface area (Å²) in [5.41, 5.74) is 2.49. The van der Waals surface area contributed by atoms with Gasteiger partial charge in [0.05, 0.1) is 6.61 Å². The van der Waals surface area contributed by atoms with Gasteiger partial charge >= 0.3 is 6.09 Å². The Morgan fingerprint density at radius 3 is 2.41 bits per heavy atom. The van der Waals surface area contributed by atoms with Crippen LogP contribution in [-0.4, -0.2) is 80.7 Å². The van der Waals surface area contributed by atoms with Crippen LogP contribution in [0.1, 0.15) is 43.7 Å². The topological polar surface area (TPSA) is 86.3 Å². The maximum Gasteiger partial charge on any atom is 0.409 e. The maximum absolute atomic E-state index is 12.0. The Labute approximate surface area is 209 Å². The normalized spacial score (nSPS) is 15.4. The summed E-state index contributed by atoms with van der Waals surface area (Å²) in [7, 11) is 3.45. The number of benzene rings is 1. The fourth-order valence-corrected chi connectivity index (χ4v) is 3.32. The largest absolute Gasteiger partial charge is 0.450 e. The summed E-state index contributed by atoms with van der Waals surface area (Å²) in [5.74, 6) is 0.872. The molecule has 0 aliphatic carbocycles. The summed E-state index contributed by atoms with van der Waals surface area (Å²) >= 11 is 0. The van der Waals surface area contributed by atoms with Crippen LogP contribution >= 0.6 is 24.0 Å². The van der Waals surface area contributed by atoms with Crippen LogP contribution in [0.2, 0.25) is 0 Å². The number of piperidine rings is 1. The number of ether oxygens (including phenoxy) is 1. The van der Waals surface area contributed by atoms with Crippen molar-refractivity contribution in [2.75, 3.05) is 46.9 Å². The Kier molecular flexibility index (Phi) is 12.4. The molecular formula is C23H38IN5O3. The molecule has 1 aliphatic rings. The lowest BCUT2D eigenvalue weighted by molar-refractivity contribution is -0.127. The molecule has 1 aromatic carbocycles. The second-order valence-corrected chi connectivity index (χ2v) is 8.25. The van der Waals surface area contributed by atoms with Crippen molar-refractivity contribution in [3.05, 3.63) is 35.4 Å². The fraction of sp³-hybridized carbons (Fsp3) is 0.609. The highest BCUT2D eigenvalue weighted by Gasteiger charge is 2.24. The van der Waals surface area contributed by atoms with Gasteiger partial charge in [-0.05, 0) is 38.2 Å². The number of aryl methyl sites for hydroxylation is 1. The van der Waals surface area contributed by atoms with E-state index in [0.29, 0.717) is 38.1 Å². The van der Waals surface area contributed by atoms with E-state index in [-0.39, 0.29) is 48.6 Å². The quantitative estimate of drug-likeness (QED) is 0.305. The lowest BCUT2D eigenvalue weighted by Gasteiger charge is -2.32. The Morgan fingerprint density at radius 1 is 1.22 bits per heavy atom. The maximum atomic E-state index is 12.0. The summed E-state index contributed by atoms with van der Waals surface area (Å²) in [6, 6.07) is 8.71. The van der Waals surface area contributed by atoms with Gasteiger partial charge in [0.25, 0.3) is 0 Å². The van der Waals surface area contributed by atoms with Crippen LogP contribution in [0.5, 0.6) is 0 Å². The van der Waals surface area contributed by atoms with Crippen LogP contribution in [0.3, 0.4) is 0 Å². The highest BCUT2D eigenvalue weighted by atomic mass is 127. The predicted octanol–water partition coefficient (Wildman–Crippen LogP) is 2.96. The van der Waals surface area contributed by atoms with Gasteiger partial charge in [-0.15, -0.1) is 24.0 Å². The average Bonchev–Trinajstić information content (AvgIpc) is 2.76. The number of hydrogen-bond acceptors (Lipinski definition) is 4. The van der Waals surface area contributed by atoms with Crippen molar-refractivity contribution in [1.29, 1.82) is 0 Å². The van der Waals surface area contributed by atoms with Crippen LogP contribution in [-0.2, 0) is 9.53 Å². The third kappa shape index (κ3) is 9.22. The third-order valence-electron chi connectivity index (χ3n) is 5.46. The van der Waals surface area contributed by atoms with Gasteiger partial charge in [0.15, 0.2) is 5.96 Å². The van der Waals surface area contributed by atoms with E-state index in [0.717, 1.165) is 12.8 Å². The average molecular weight is 559 g/mol. The Balaban J connectivity index is 0.00000512. The Morgan fingerprint density at radius 2 is 1.84 bits per heavy atom. The molecule has 1 fully saturated rings. The molecule has 8 nitrogen and oxygen atoms in total. The first-order valence-corrected chi connectivity index (χ1v) is 11.0. The van der Waals surface area contributed by atoms with Gasteiger partial charge in [-0.3, -0.25) is 4.79 Å². The highest BCUT2D eigenvalue weighted by Crippen LogP contribution is 2.15. The number of likely N-dealkylation sites (tertiary alicyclic amines) is 1. The first-order chi connectivity index (χ1) is 14.8. The Bertz CT molecular complexity index is 747. The zero-order valence-electron chi connectivity index (χ0n) is 19.9. The molecular weight excluding hydrogens is 521 g/mol. The number of carbonyl (C=O) groups is 2. The SMILES string of the molecule is CCOC(=O)N1CCC(NC(=NCC(=O)N(C)C)NCC(C)c2ccc(C)cc2)CC1.I. The van der Waals surface area contributed by atoms with Crippen molar-refractivity contribution in [2.45, 2.75) is 45.6 Å². The van der Waals surface area contributed by atoms with E-state index in [2.05, 4.69) is 53.7 Å². The number of amides is 2. The van der Waals surface area contributed by atoms with E-state index in [4.69, 9.17) is 4.74 Å². The molecule has 2 rings (SSSR count). The summed E-state index contributed by atoms with van der Waals surface area (Å²) in [6.45, 7) is 8.51. The number of guanidine groups is 1. The molecule has 0 aromatic heterocycles. The molecule has 1 atom stereocenters. The smallest absolute Gasteiger partial charge is 0.409 e. The van der Waals surface area contributed by atoms with E-state index >= 15 is 0 Å². The van der Waals surface area contributed by atoms with E-state index < -0.39 is 0 Å². The van der Waals surface area contributed by atoms with Gasteiger partial charge in [-0.1, -0.05) is 36.8 Å². The minimum Gasteiger partial charge on any atom is -0.450 e. The summed E-state index contributed by atoms with van der Waals surface area (Å²) in [6.07, 6.45) is 1.35. The lowest BCUT2D eigenvalue weighted by Crippen LogP contribution is -2.50. The molecule has 1 aromatic rings. The summed E-state index contributed by atoms with van der Waals surface area (Å²) < 4.78 is 5.09. The molecule has 32 heavy (non-hydrogen) atoms. The number of nitrogens with one attached hydrogen (secondary N) is 2. The standard InChI is InChI=1S/C23H37N5O3.HI/c1-6-31-23(30)28-13-11-20(12-14-28)26-22(25-16-21(29)27(4)5)24-15-18(3)19-9-7-17(2)8-10-19;/h7-10,18,20H,6,11-16H2,1-5H3,(H2,24,25,26);1H. The minimum absolute atomic E-state index is 0. The zero-order chi connectivity index (χ0) is 22.8. The minimum atomic E-state index is -0.253. The molecule has 2 amide bonds. The van der Waals surface area contributed by atoms with E-state index in [9.17, 15) is 9.59 Å². The van der Waals surface area contributed by atoms with Gasteiger partial charge < -0.3 is 25.2 Å². The molecule has 0 bridgehead atoms. The van der Waals surface area contributed by atoms with Crippen LogP contribution < -0.4 is 10.6 Å². The van der Waals surface area contributed by atoms with Gasteiger partial charge in [-0.2, -0.15) is 0 Å². The first-order valence-electron chi connectivity index (χ1n) is 11.0. The highest BCUT2D eigenvalue weighted by molar-refractivity contribution is 14.0. The molecule has 1 heterocycles. The number of likely N-dealkylation sites (N-methyl/N-ethyl adjacent to an activating group) is 1. The fourth-order valence-electron chi connectivity index (χ4n) is 3.32. The van der Waals surface area contributed by atoms with Crippen molar-refractivity contribution in [2.24, 2.45) is 4.99 Å². The number of rotatable bonds is 7. The van der Waals surface area contributed by atoms with E-state index in [1.54, 1.807) is 19.0 Å². The molecule has 1 aliphatic heterocycles. The molecule has 1 unspecified atom stereocenters. The number of hydrogen-bond donors (Lipinski definition) is 2. The molecule has 9 heteroatoms. The molecule has 0 saturated carbocycles. The van der Waals surface area contributed by atoms with Crippen molar-refractivity contribution in [3.8, 4) is 0 Å². The summed E-state index contributed by atoms with van der Waals surface area (Å²) in [5, 5.41) is 6.84. The number of halogens is 1. The molecule has 0 spiro atoms. The van der Waals surface area contributed by atoms with Gasteiger partial charge in [0.2, 0.25) is 5.91 Å². The second-order valence-electron chi connectivity index (χ2n) is 8.25. The van der Waals surface area contributed by atoms with Crippen LogP contribution in [0.4, 0.5) is 4.79 Å². The van der Waals surface area contributed by atoms with Crippen molar-refractivity contribution < 1.29 is 14.3 Å². The molecule has 2 N–H and O–H groups in total. The van der Waals surface area contributed by atoms with Crippen LogP contribution in [0, 0.1) is 6.92 Å². The van der Waals surface area contributed by atoms with Crippen molar-refractivity contribution in [1.82, 2.24) is 20.4 Å².